The van der Waals surface area contributed by atoms with Gasteiger partial charge in [-0.2, -0.15) is 0 Å². The number of phenolic OH excluding ortho intramolecular Hbond substituents is 1. The highest BCUT2D eigenvalue weighted by Crippen LogP contribution is 2.28. The van der Waals surface area contributed by atoms with E-state index in [-0.39, 0.29) is 34.6 Å². The summed E-state index contributed by atoms with van der Waals surface area (Å²) < 4.78 is 25.5. The quantitative estimate of drug-likeness (QED) is 0.417. The summed E-state index contributed by atoms with van der Waals surface area (Å²) in [6.45, 7) is 10.8. The molecule has 9 nitrogen and oxygen atoms in total. The average Bonchev–Trinajstić information content (AvgIpc) is 3.41. The van der Waals surface area contributed by atoms with Crippen molar-refractivity contribution in [2.24, 2.45) is 14.7 Å². The number of phenols is 1. The van der Waals surface area contributed by atoms with E-state index >= 15 is 0 Å². The molecule has 1 atom stereocenters. The Hall–Kier alpha value is -3.66. The highest BCUT2D eigenvalue weighted by atomic mass is 32.2. The number of nitrogens with zero attached hydrogens (tertiary/aromatic N) is 3. The van der Waals surface area contributed by atoms with Crippen molar-refractivity contribution in [2.45, 2.75) is 41.2 Å². The van der Waals surface area contributed by atoms with Gasteiger partial charge in [-0.3, -0.25) is 4.79 Å². The summed E-state index contributed by atoms with van der Waals surface area (Å²) >= 11 is -1.79. The van der Waals surface area contributed by atoms with Crippen LogP contribution in [0.4, 0.5) is 5.69 Å². The molecular formula is C26H35N5O4S. The Balaban J connectivity index is 0.000000694. The van der Waals surface area contributed by atoms with Crippen LogP contribution >= 0.6 is 0 Å². The maximum absolute atomic E-state index is 12.2. The van der Waals surface area contributed by atoms with Crippen molar-refractivity contribution in [3.63, 3.8) is 0 Å². The number of fused-ring (bicyclic) bond motifs is 1. The van der Waals surface area contributed by atoms with E-state index in [1.54, 1.807) is 26.2 Å². The zero-order valence-corrected chi connectivity index (χ0v) is 22.6. The maximum Gasteiger partial charge on any atom is 0.269 e. The van der Waals surface area contributed by atoms with Crippen LogP contribution in [0.5, 0.6) is 5.75 Å². The number of furan rings is 1. The van der Waals surface area contributed by atoms with Gasteiger partial charge < -0.3 is 25.1 Å². The molecule has 0 spiro atoms. The van der Waals surface area contributed by atoms with Gasteiger partial charge in [-0.15, -0.1) is 8.80 Å². The van der Waals surface area contributed by atoms with E-state index in [1.807, 2.05) is 44.2 Å². The number of hydrogen-bond acceptors (Lipinski definition) is 6. The van der Waals surface area contributed by atoms with Crippen LogP contribution in [0.25, 0.3) is 11.0 Å². The van der Waals surface area contributed by atoms with Crippen molar-refractivity contribution in [1.82, 2.24) is 10.2 Å². The molecule has 0 bridgehead atoms. The van der Waals surface area contributed by atoms with Gasteiger partial charge in [0.2, 0.25) is 0 Å². The molecule has 1 unspecified atom stereocenters. The van der Waals surface area contributed by atoms with Crippen molar-refractivity contribution < 1.29 is 18.5 Å². The van der Waals surface area contributed by atoms with Gasteiger partial charge in [0.15, 0.2) is 17.4 Å². The largest absolute Gasteiger partial charge is 0.505 e. The zero-order chi connectivity index (χ0) is 26.8. The SMILES string of the molecule is CC.CC(C)C.CN(C)C(=O)c1cccc(NC2=NS(=O)N=C2NCc2cc3ccccc3o2)c1O. The average molecular weight is 514 g/mol. The standard InChI is InChI=1S/C20H19N5O4S.C4H10.C2H6/c1-25(2)20(27)14-7-5-8-15(17(14)26)22-19-18(23-30(28)24-19)21-11-13-10-12-6-3-4-9-16(12)29-13;1-4(2)3;1-2/h3-10,26H,11H2,1-2H3,(H,21,23)(H,22,24);4H,1-3H3;1-2H3. The number of aromatic hydroxyl groups is 1. The molecule has 0 aliphatic carbocycles. The Morgan fingerprint density at radius 3 is 2.33 bits per heavy atom. The third-order valence-electron chi connectivity index (χ3n) is 4.40. The lowest BCUT2D eigenvalue weighted by atomic mass is 10.1. The Labute approximate surface area is 215 Å². The van der Waals surface area contributed by atoms with Gasteiger partial charge in [0, 0.05) is 19.5 Å². The van der Waals surface area contributed by atoms with Gasteiger partial charge in [0.1, 0.15) is 11.3 Å². The molecule has 0 saturated heterocycles. The molecule has 1 aromatic heterocycles. The molecule has 3 N–H and O–H groups in total. The Morgan fingerprint density at radius 2 is 1.69 bits per heavy atom. The van der Waals surface area contributed by atoms with Crippen LogP contribution in [0.1, 0.15) is 50.7 Å². The number of nitrogens with one attached hydrogen (secondary N) is 2. The number of amides is 1. The number of amidine groups is 2. The molecule has 3 aromatic rings. The van der Waals surface area contributed by atoms with Crippen molar-refractivity contribution in [1.29, 1.82) is 0 Å². The van der Waals surface area contributed by atoms with E-state index < -0.39 is 11.2 Å². The van der Waals surface area contributed by atoms with Crippen LogP contribution in [0.3, 0.4) is 0 Å². The predicted molar refractivity (Wildman–Crippen MR) is 148 cm³/mol. The summed E-state index contributed by atoms with van der Waals surface area (Å²) in [5.41, 5.74) is 1.16. The molecule has 36 heavy (non-hydrogen) atoms. The second-order valence-corrected chi connectivity index (χ2v) is 9.30. The Morgan fingerprint density at radius 1 is 1.06 bits per heavy atom. The number of benzene rings is 2. The first kappa shape index (κ1) is 28.6. The van der Waals surface area contributed by atoms with Gasteiger partial charge in [-0.25, -0.2) is 4.21 Å². The van der Waals surface area contributed by atoms with Crippen LogP contribution in [0.15, 0.2) is 61.7 Å². The molecule has 2 aromatic carbocycles. The van der Waals surface area contributed by atoms with Crippen molar-refractivity contribution >= 4 is 45.4 Å². The van der Waals surface area contributed by atoms with E-state index in [9.17, 15) is 14.1 Å². The summed E-state index contributed by atoms with van der Waals surface area (Å²) in [4.78, 5) is 13.6. The first-order valence-corrected chi connectivity index (χ1v) is 12.8. The normalized spacial score (nSPS) is 14.2. The predicted octanol–water partition coefficient (Wildman–Crippen LogP) is 5.12. The molecule has 0 fully saturated rings. The Bertz CT molecular complexity index is 1230. The lowest BCUT2D eigenvalue weighted by Gasteiger charge is -2.15. The van der Waals surface area contributed by atoms with Crippen LogP contribution in [0.2, 0.25) is 0 Å². The van der Waals surface area contributed by atoms with Crippen molar-refractivity contribution in [3.8, 4) is 5.75 Å². The lowest BCUT2D eigenvalue weighted by molar-refractivity contribution is 0.0824. The summed E-state index contributed by atoms with van der Waals surface area (Å²) in [6.07, 6.45) is 0. The van der Waals surface area contributed by atoms with E-state index in [4.69, 9.17) is 4.42 Å². The third-order valence-corrected chi connectivity index (χ3v) is 5.07. The van der Waals surface area contributed by atoms with Crippen LogP contribution in [0, 0.1) is 5.92 Å². The minimum absolute atomic E-state index is 0.137. The Kier molecular flexibility index (Phi) is 10.7. The zero-order valence-electron chi connectivity index (χ0n) is 21.8. The maximum atomic E-state index is 12.2. The van der Waals surface area contributed by atoms with Gasteiger partial charge >= 0.3 is 0 Å². The van der Waals surface area contributed by atoms with Gasteiger partial charge in [-0.05, 0) is 30.2 Å². The molecule has 2 heterocycles. The van der Waals surface area contributed by atoms with E-state index in [0.29, 0.717) is 12.3 Å². The highest BCUT2D eigenvalue weighted by Gasteiger charge is 2.22. The molecule has 1 amide bonds. The van der Waals surface area contributed by atoms with E-state index in [0.717, 1.165) is 16.9 Å². The number of rotatable bonds is 4. The third kappa shape index (κ3) is 7.67. The second kappa shape index (κ2) is 13.4. The summed E-state index contributed by atoms with van der Waals surface area (Å²) in [5.74, 6) is 1.39. The van der Waals surface area contributed by atoms with Crippen LogP contribution in [-0.4, -0.2) is 45.9 Å². The molecule has 1 aliphatic heterocycles. The molecule has 0 saturated carbocycles. The monoisotopic (exact) mass is 513 g/mol. The second-order valence-electron chi connectivity index (χ2n) is 8.47. The van der Waals surface area contributed by atoms with E-state index in [1.165, 1.54) is 11.0 Å². The van der Waals surface area contributed by atoms with Gasteiger partial charge in [-0.1, -0.05) is 58.9 Å². The number of carbonyl (C=O) groups excluding carboxylic acids is 1. The number of carbonyl (C=O) groups is 1. The molecule has 194 valence electrons. The fourth-order valence-corrected chi connectivity index (χ4v) is 3.58. The first-order valence-electron chi connectivity index (χ1n) is 11.8. The van der Waals surface area contributed by atoms with Crippen molar-refractivity contribution in [3.05, 3.63) is 59.9 Å². The molecule has 0 radical (unpaired) electrons. The fourth-order valence-electron chi connectivity index (χ4n) is 2.94. The minimum Gasteiger partial charge on any atom is -0.505 e. The minimum atomic E-state index is -1.79. The highest BCUT2D eigenvalue weighted by molar-refractivity contribution is 7.83. The summed E-state index contributed by atoms with van der Waals surface area (Å²) in [5, 5.41) is 17.4. The number of hydrogen-bond donors (Lipinski definition) is 3. The smallest absolute Gasteiger partial charge is 0.269 e. The molecule has 4 rings (SSSR count). The van der Waals surface area contributed by atoms with E-state index in [2.05, 4.69) is 40.2 Å². The van der Waals surface area contributed by atoms with Crippen molar-refractivity contribution in [2.75, 3.05) is 19.4 Å². The molecule has 10 heteroatoms. The fraction of sp³-hybridized carbons (Fsp3) is 0.346. The topological polar surface area (TPSA) is 120 Å². The molecule has 1 aliphatic rings. The first-order chi connectivity index (χ1) is 17.2. The van der Waals surface area contributed by atoms with Crippen LogP contribution < -0.4 is 10.6 Å². The number of anilines is 1. The summed E-state index contributed by atoms with van der Waals surface area (Å²) in [6, 6.07) is 14.3. The van der Waals surface area contributed by atoms with Crippen LogP contribution in [-0.2, 0) is 17.7 Å². The summed E-state index contributed by atoms with van der Waals surface area (Å²) in [7, 11) is 3.19. The molecular weight excluding hydrogens is 478 g/mol. The van der Waals surface area contributed by atoms with Gasteiger partial charge in [0.05, 0.1) is 17.8 Å². The number of para-hydroxylation sites is 2. The lowest BCUT2D eigenvalue weighted by Crippen LogP contribution is -2.33. The van der Waals surface area contributed by atoms with Gasteiger partial charge in [0.25, 0.3) is 17.1 Å².